The van der Waals surface area contributed by atoms with Crippen molar-refractivity contribution in [2.24, 2.45) is 4.99 Å². The molecule has 0 radical (unpaired) electrons. The Morgan fingerprint density at radius 3 is 2.42 bits per heavy atom. The molecule has 2 nitrogen and oxygen atoms in total. The second-order valence-corrected chi connectivity index (χ2v) is 2.45. The van der Waals surface area contributed by atoms with Crippen LogP contribution in [0.15, 0.2) is 35.3 Å². The number of nitrogens with zero attached hydrogens (tertiary/aromatic N) is 1. The van der Waals surface area contributed by atoms with Gasteiger partial charge in [-0.2, -0.15) is 0 Å². The molecule has 0 aliphatic rings. The zero-order valence-corrected chi connectivity index (χ0v) is 7.12. The molecule has 0 bridgehead atoms. The Morgan fingerprint density at radius 2 is 2.00 bits per heavy atom. The summed E-state index contributed by atoms with van der Waals surface area (Å²) < 4.78 is 0. The van der Waals surface area contributed by atoms with Crippen LogP contribution in [0.2, 0.25) is 0 Å². The highest BCUT2D eigenvalue weighted by Gasteiger charge is 1.95. The summed E-state index contributed by atoms with van der Waals surface area (Å²) in [7, 11) is 0. The fraction of sp³-hybridized carbons (Fsp3) is 0.100. The molecule has 1 aromatic rings. The van der Waals surface area contributed by atoms with Gasteiger partial charge in [-0.1, -0.05) is 18.2 Å². The summed E-state index contributed by atoms with van der Waals surface area (Å²) in [5.41, 5.74) is 8.23. The SMILES string of the molecule is C=N/C(=C\C)c1ccc(N)cc1. The molecule has 1 rings (SSSR count). The second kappa shape index (κ2) is 3.72. The van der Waals surface area contributed by atoms with Crippen LogP contribution < -0.4 is 5.73 Å². The van der Waals surface area contributed by atoms with Crippen LogP contribution in [0.3, 0.4) is 0 Å². The van der Waals surface area contributed by atoms with Gasteiger partial charge in [-0.25, -0.2) is 0 Å². The van der Waals surface area contributed by atoms with Crippen molar-refractivity contribution >= 4 is 18.1 Å². The summed E-state index contributed by atoms with van der Waals surface area (Å²) in [4.78, 5) is 3.88. The van der Waals surface area contributed by atoms with Crippen molar-refractivity contribution in [1.82, 2.24) is 0 Å². The average molecular weight is 160 g/mol. The van der Waals surface area contributed by atoms with E-state index in [1.165, 1.54) is 0 Å². The van der Waals surface area contributed by atoms with E-state index in [0.717, 1.165) is 16.9 Å². The molecular weight excluding hydrogens is 148 g/mol. The minimum atomic E-state index is 0.762. The van der Waals surface area contributed by atoms with Crippen molar-refractivity contribution in [1.29, 1.82) is 0 Å². The molecule has 0 aliphatic carbocycles. The summed E-state index contributed by atoms with van der Waals surface area (Å²) in [5.74, 6) is 0. The predicted molar refractivity (Wildman–Crippen MR) is 54.1 cm³/mol. The van der Waals surface area contributed by atoms with Gasteiger partial charge in [0, 0.05) is 5.69 Å². The van der Waals surface area contributed by atoms with Gasteiger partial charge in [0.1, 0.15) is 0 Å². The number of rotatable bonds is 2. The molecule has 0 fully saturated rings. The first-order valence-corrected chi connectivity index (χ1v) is 3.77. The van der Waals surface area contributed by atoms with Gasteiger partial charge in [-0.15, -0.1) is 0 Å². The van der Waals surface area contributed by atoms with E-state index in [0.29, 0.717) is 0 Å². The molecule has 62 valence electrons. The normalized spacial score (nSPS) is 11.2. The highest BCUT2D eigenvalue weighted by molar-refractivity contribution is 5.68. The first-order chi connectivity index (χ1) is 5.77. The highest BCUT2D eigenvalue weighted by atomic mass is 14.7. The number of hydrogen-bond acceptors (Lipinski definition) is 2. The lowest BCUT2D eigenvalue weighted by Gasteiger charge is -2.00. The fourth-order valence-corrected chi connectivity index (χ4v) is 1.00. The van der Waals surface area contributed by atoms with E-state index >= 15 is 0 Å². The molecule has 0 saturated carbocycles. The Kier molecular flexibility index (Phi) is 2.64. The van der Waals surface area contributed by atoms with Crippen LogP contribution in [-0.4, -0.2) is 6.72 Å². The van der Waals surface area contributed by atoms with E-state index in [1.54, 1.807) is 0 Å². The van der Waals surface area contributed by atoms with Crippen molar-refractivity contribution < 1.29 is 0 Å². The second-order valence-electron chi connectivity index (χ2n) is 2.45. The first kappa shape index (κ1) is 8.53. The molecule has 0 amide bonds. The van der Waals surface area contributed by atoms with Crippen LogP contribution in [0.25, 0.3) is 5.70 Å². The molecule has 1 aromatic carbocycles. The molecule has 0 atom stereocenters. The largest absolute Gasteiger partial charge is 0.399 e. The third-order valence-corrected chi connectivity index (χ3v) is 1.65. The fourth-order valence-electron chi connectivity index (χ4n) is 1.00. The number of anilines is 1. The van der Waals surface area contributed by atoms with E-state index in [-0.39, 0.29) is 0 Å². The van der Waals surface area contributed by atoms with Crippen molar-refractivity contribution in [3.63, 3.8) is 0 Å². The minimum absolute atomic E-state index is 0.762. The van der Waals surface area contributed by atoms with Crippen molar-refractivity contribution in [3.8, 4) is 0 Å². The van der Waals surface area contributed by atoms with E-state index < -0.39 is 0 Å². The Balaban J connectivity index is 3.04. The zero-order valence-electron chi connectivity index (χ0n) is 7.12. The molecule has 0 aliphatic heterocycles. The first-order valence-electron chi connectivity index (χ1n) is 3.77. The van der Waals surface area contributed by atoms with Gasteiger partial charge < -0.3 is 5.73 Å². The number of hydrogen-bond donors (Lipinski definition) is 1. The van der Waals surface area contributed by atoms with E-state index in [9.17, 15) is 0 Å². The van der Waals surface area contributed by atoms with E-state index in [2.05, 4.69) is 11.7 Å². The molecule has 0 heterocycles. The van der Waals surface area contributed by atoms with Gasteiger partial charge in [0.05, 0.1) is 5.70 Å². The topological polar surface area (TPSA) is 38.4 Å². The Bertz CT molecular complexity index is 296. The summed E-state index contributed by atoms with van der Waals surface area (Å²) in [6.45, 7) is 5.41. The number of aliphatic imine (C=N–C) groups is 1. The highest BCUT2D eigenvalue weighted by Crippen LogP contribution is 2.16. The molecule has 0 saturated heterocycles. The molecular formula is C10H12N2. The predicted octanol–water partition coefficient (Wildman–Crippen LogP) is 2.33. The standard InChI is InChI=1S/C10H12N2/c1-3-10(12-2)8-4-6-9(11)7-5-8/h3-7H,2,11H2,1H3/b10-3-. The van der Waals surface area contributed by atoms with Crippen LogP contribution >= 0.6 is 0 Å². The van der Waals surface area contributed by atoms with Crippen LogP contribution in [0.1, 0.15) is 12.5 Å². The van der Waals surface area contributed by atoms with Gasteiger partial charge in [0.25, 0.3) is 0 Å². The molecule has 12 heavy (non-hydrogen) atoms. The van der Waals surface area contributed by atoms with Gasteiger partial charge in [-0.05, 0) is 31.3 Å². The monoisotopic (exact) mass is 160 g/mol. The van der Waals surface area contributed by atoms with Crippen LogP contribution in [0.5, 0.6) is 0 Å². The van der Waals surface area contributed by atoms with Crippen LogP contribution in [0, 0.1) is 0 Å². The minimum Gasteiger partial charge on any atom is -0.399 e. The van der Waals surface area contributed by atoms with Crippen molar-refractivity contribution in [2.75, 3.05) is 5.73 Å². The maximum Gasteiger partial charge on any atom is 0.0652 e. The smallest absolute Gasteiger partial charge is 0.0652 e. The lowest BCUT2D eigenvalue weighted by Crippen LogP contribution is -1.85. The Morgan fingerprint density at radius 1 is 1.42 bits per heavy atom. The quantitative estimate of drug-likeness (QED) is 0.523. The van der Waals surface area contributed by atoms with E-state index in [4.69, 9.17) is 5.73 Å². The summed E-state index contributed by atoms with van der Waals surface area (Å²) in [5, 5.41) is 0. The third kappa shape index (κ3) is 1.72. The molecule has 2 heteroatoms. The van der Waals surface area contributed by atoms with Crippen molar-refractivity contribution in [2.45, 2.75) is 6.92 Å². The summed E-state index contributed by atoms with van der Waals surface area (Å²) in [6, 6.07) is 7.56. The summed E-state index contributed by atoms with van der Waals surface area (Å²) >= 11 is 0. The Labute approximate surface area is 72.4 Å². The lowest BCUT2D eigenvalue weighted by atomic mass is 10.1. The molecule has 2 N–H and O–H groups in total. The van der Waals surface area contributed by atoms with Gasteiger partial charge >= 0.3 is 0 Å². The number of benzene rings is 1. The molecule has 0 aromatic heterocycles. The zero-order chi connectivity index (χ0) is 8.97. The average Bonchev–Trinajstić information content (AvgIpc) is 2.10. The van der Waals surface area contributed by atoms with Gasteiger partial charge in [0.15, 0.2) is 0 Å². The van der Waals surface area contributed by atoms with Crippen molar-refractivity contribution in [3.05, 3.63) is 35.9 Å². The van der Waals surface area contributed by atoms with Crippen LogP contribution in [0.4, 0.5) is 5.69 Å². The van der Waals surface area contributed by atoms with E-state index in [1.807, 2.05) is 37.3 Å². The Hall–Kier alpha value is -1.57. The van der Waals surface area contributed by atoms with Gasteiger partial charge in [-0.3, -0.25) is 4.99 Å². The maximum absolute atomic E-state index is 5.54. The third-order valence-electron chi connectivity index (χ3n) is 1.65. The van der Waals surface area contributed by atoms with Crippen LogP contribution in [-0.2, 0) is 0 Å². The molecule has 0 unspecified atom stereocenters. The number of allylic oxidation sites excluding steroid dienone is 1. The summed E-state index contributed by atoms with van der Waals surface area (Å²) in [6.07, 6.45) is 1.92. The number of nitrogen functional groups attached to an aromatic ring is 1. The maximum atomic E-state index is 5.54. The molecule has 0 spiro atoms. The number of nitrogens with two attached hydrogens (primary N) is 1. The lowest BCUT2D eigenvalue weighted by molar-refractivity contribution is 1.50. The van der Waals surface area contributed by atoms with Gasteiger partial charge in [0.2, 0.25) is 0 Å².